The van der Waals surface area contributed by atoms with Crippen molar-refractivity contribution in [3.63, 3.8) is 0 Å². The molecule has 1 aromatic rings. The summed E-state index contributed by atoms with van der Waals surface area (Å²) in [5.74, 6) is -1.51. The van der Waals surface area contributed by atoms with E-state index >= 15 is 0 Å². The number of aliphatic hydroxyl groups excluding tert-OH is 2. The summed E-state index contributed by atoms with van der Waals surface area (Å²) >= 11 is 0. The number of halogens is 2. The summed E-state index contributed by atoms with van der Waals surface area (Å²) in [4.78, 5) is 0. The largest absolute Gasteiger partial charge is 0.396 e. The number of nitrogens with one attached hydrogen (secondary N) is 1. The Morgan fingerprint density at radius 1 is 1.25 bits per heavy atom. The van der Waals surface area contributed by atoms with Crippen LogP contribution in [0.4, 0.5) is 8.78 Å². The molecule has 0 aliphatic rings. The molecule has 0 aromatic heterocycles. The molecule has 0 heterocycles. The average molecular weight is 231 g/mol. The van der Waals surface area contributed by atoms with Crippen molar-refractivity contribution in [3.05, 3.63) is 35.4 Å². The Morgan fingerprint density at radius 3 is 2.44 bits per heavy atom. The Hall–Kier alpha value is -1.04. The number of rotatable bonds is 6. The second-order valence-corrected chi connectivity index (χ2v) is 3.43. The van der Waals surface area contributed by atoms with Crippen LogP contribution in [0.3, 0.4) is 0 Å². The van der Waals surface area contributed by atoms with Gasteiger partial charge in [0.15, 0.2) is 0 Å². The smallest absolute Gasteiger partial charge is 0.131 e. The van der Waals surface area contributed by atoms with Gasteiger partial charge in [-0.1, -0.05) is 6.07 Å². The molecule has 0 fully saturated rings. The molecule has 1 rings (SSSR count). The summed E-state index contributed by atoms with van der Waals surface area (Å²) in [6.07, 6.45) is -0.688. The molecular weight excluding hydrogens is 216 g/mol. The lowest BCUT2D eigenvalue weighted by Gasteiger charge is -2.13. The number of aliphatic hydroxyl groups is 2. The van der Waals surface area contributed by atoms with Gasteiger partial charge in [-0.25, -0.2) is 8.78 Å². The Kier molecular flexibility index (Phi) is 5.31. The maximum Gasteiger partial charge on any atom is 0.131 e. The number of benzene rings is 1. The van der Waals surface area contributed by atoms with Crippen molar-refractivity contribution in [2.24, 2.45) is 0 Å². The van der Waals surface area contributed by atoms with Gasteiger partial charge in [-0.3, -0.25) is 0 Å². The van der Waals surface area contributed by atoms with Crippen LogP contribution >= 0.6 is 0 Å². The zero-order valence-electron chi connectivity index (χ0n) is 8.79. The van der Waals surface area contributed by atoms with E-state index in [-0.39, 0.29) is 18.7 Å². The van der Waals surface area contributed by atoms with E-state index in [2.05, 4.69) is 5.32 Å². The van der Waals surface area contributed by atoms with Crippen LogP contribution in [0.1, 0.15) is 18.1 Å². The quantitative estimate of drug-likeness (QED) is 0.639. The van der Waals surface area contributed by atoms with Gasteiger partial charge in [0, 0.05) is 13.2 Å². The van der Waals surface area contributed by atoms with E-state index in [1.54, 1.807) is 0 Å². The third-order valence-corrected chi connectivity index (χ3v) is 2.18. The van der Waals surface area contributed by atoms with Gasteiger partial charge in [-0.05, 0) is 25.1 Å². The first-order chi connectivity index (χ1) is 7.66. The lowest BCUT2D eigenvalue weighted by molar-refractivity contribution is 0.164. The molecule has 90 valence electrons. The van der Waals surface area contributed by atoms with Crippen LogP contribution in [0, 0.1) is 11.6 Å². The minimum Gasteiger partial charge on any atom is -0.396 e. The van der Waals surface area contributed by atoms with Crippen LogP contribution in [-0.2, 0) is 0 Å². The summed E-state index contributed by atoms with van der Waals surface area (Å²) in [5.41, 5.74) is -0.320. The predicted molar refractivity (Wildman–Crippen MR) is 55.9 cm³/mol. The van der Waals surface area contributed by atoms with Crippen LogP contribution in [0.25, 0.3) is 0 Å². The van der Waals surface area contributed by atoms with Crippen molar-refractivity contribution in [2.75, 3.05) is 19.7 Å². The molecular formula is C11H15F2NO2. The average Bonchev–Trinajstić information content (AvgIpc) is 2.24. The third kappa shape index (κ3) is 3.52. The molecule has 0 aliphatic carbocycles. The first-order valence-corrected chi connectivity index (χ1v) is 5.10. The Morgan fingerprint density at radius 2 is 1.88 bits per heavy atom. The van der Waals surface area contributed by atoms with E-state index in [1.807, 2.05) is 0 Å². The highest BCUT2D eigenvalue weighted by Crippen LogP contribution is 2.19. The van der Waals surface area contributed by atoms with Gasteiger partial charge in [0.25, 0.3) is 0 Å². The molecule has 3 nitrogen and oxygen atoms in total. The van der Waals surface area contributed by atoms with Gasteiger partial charge in [0.2, 0.25) is 0 Å². The topological polar surface area (TPSA) is 52.5 Å². The summed E-state index contributed by atoms with van der Waals surface area (Å²) < 4.78 is 26.4. The molecule has 0 aliphatic heterocycles. The van der Waals surface area contributed by atoms with Gasteiger partial charge in [0.1, 0.15) is 11.6 Å². The van der Waals surface area contributed by atoms with Crippen LogP contribution in [0.15, 0.2) is 18.2 Å². The minimum atomic E-state index is -1.22. The second-order valence-electron chi connectivity index (χ2n) is 3.43. The number of hydrogen-bond donors (Lipinski definition) is 3. The first-order valence-electron chi connectivity index (χ1n) is 5.10. The Bertz CT molecular complexity index is 314. The van der Waals surface area contributed by atoms with Crippen molar-refractivity contribution < 1.29 is 19.0 Å². The zero-order chi connectivity index (χ0) is 12.0. The van der Waals surface area contributed by atoms with E-state index in [0.717, 1.165) is 12.1 Å². The van der Waals surface area contributed by atoms with E-state index in [9.17, 15) is 13.9 Å². The van der Waals surface area contributed by atoms with E-state index in [1.165, 1.54) is 6.07 Å². The minimum absolute atomic E-state index is 0.0388. The maximum absolute atomic E-state index is 13.2. The van der Waals surface area contributed by atoms with Crippen molar-refractivity contribution in [1.82, 2.24) is 5.32 Å². The van der Waals surface area contributed by atoms with Gasteiger partial charge in [-0.2, -0.15) is 0 Å². The molecule has 0 spiro atoms. The summed E-state index contributed by atoms with van der Waals surface area (Å²) in [6.45, 7) is 0.582. The molecule has 0 amide bonds. The fourth-order valence-corrected chi connectivity index (χ4v) is 1.37. The first kappa shape index (κ1) is 13.0. The predicted octanol–water partition coefficient (Wildman–Crippen LogP) is 0.970. The zero-order valence-corrected chi connectivity index (χ0v) is 8.79. The SMILES string of the molecule is OCCCNCC(O)c1c(F)cccc1F. The van der Waals surface area contributed by atoms with Crippen molar-refractivity contribution >= 4 is 0 Å². The van der Waals surface area contributed by atoms with Crippen LogP contribution in [-0.4, -0.2) is 29.9 Å². The Labute approximate surface area is 92.7 Å². The highest BCUT2D eigenvalue weighted by atomic mass is 19.1. The second kappa shape index (κ2) is 6.52. The molecule has 0 radical (unpaired) electrons. The third-order valence-electron chi connectivity index (χ3n) is 2.18. The van der Waals surface area contributed by atoms with E-state index in [0.29, 0.717) is 13.0 Å². The van der Waals surface area contributed by atoms with Crippen LogP contribution in [0.2, 0.25) is 0 Å². The van der Waals surface area contributed by atoms with Crippen LogP contribution < -0.4 is 5.32 Å². The molecule has 16 heavy (non-hydrogen) atoms. The fraction of sp³-hybridized carbons (Fsp3) is 0.455. The highest BCUT2D eigenvalue weighted by molar-refractivity contribution is 5.22. The summed E-state index contributed by atoms with van der Waals surface area (Å²) in [7, 11) is 0. The monoisotopic (exact) mass is 231 g/mol. The lowest BCUT2D eigenvalue weighted by atomic mass is 10.1. The summed E-state index contributed by atoms with van der Waals surface area (Å²) in [6, 6.07) is 3.46. The highest BCUT2D eigenvalue weighted by Gasteiger charge is 2.16. The van der Waals surface area contributed by atoms with Crippen molar-refractivity contribution in [1.29, 1.82) is 0 Å². The van der Waals surface area contributed by atoms with E-state index in [4.69, 9.17) is 5.11 Å². The molecule has 1 atom stereocenters. The molecule has 0 bridgehead atoms. The Balaban J connectivity index is 2.55. The van der Waals surface area contributed by atoms with Crippen molar-refractivity contribution in [3.8, 4) is 0 Å². The standard InChI is InChI=1S/C11H15F2NO2/c12-8-3-1-4-9(13)11(8)10(16)7-14-5-2-6-15/h1,3-4,10,14-16H,2,5-7H2. The van der Waals surface area contributed by atoms with Crippen molar-refractivity contribution in [2.45, 2.75) is 12.5 Å². The van der Waals surface area contributed by atoms with Gasteiger partial charge >= 0.3 is 0 Å². The molecule has 0 saturated carbocycles. The van der Waals surface area contributed by atoms with Gasteiger partial charge < -0.3 is 15.5 Å². The molecule has 1 unspecified atom stereocenters. The summed E-state index contributed by atoms with van der Waals surface area (Å²) in [5, 5.41) is 20.9. The number of hydrogen-bond acceptors (Lipinski definition) is 3. The molecule has 5 heteroatoms. The molecule has 0 saturated heterocycles. The van der Waals surface area contributed by atoms with Gasteiger partial charge in [0.05, 0.1) is 11.7 Å². The lowest BCUT2D eigenvalue weighted by Crippen LogP contribution is -2.24. The fourth-order valence-electron chi connectivity index (χ4n) is 1.37. The molecule has 3 N–H and O–H groups in total. The maximum atomic E-state index is 13.2. The van der Waals surface area contributed by atoms with Crippen LogP contribution in [0.5, 0.6) is 0 Å². The van der Waals surface area contributed by atoms with E-state index < -0.39 is 17.7 Å². The van der Waals surface area contributed by atoms with Gasteiger partial charge in [-0.15, -0.1) is 0 Å². The molecule has 1 aromatic carbocycles. The normalized spacial score (nSPS) is 12.8.